The minimum absolute atomic E-state index is 0.0480. The summed E-state index contributed by atoms with van der Waals surface area (Å²) in [6.45, 7) is 5.21. The summed E-state index contributed by atoms with van der Waals surface area (Å²) in [7, 11) is 0. The van der Waals surface area contributed by atoms with Crippen molar-refractivity contribution in [3.8, 4) is 0 Å². The Morgan fingerprint density at radius 2 is 2.21 bits per heavy atom. The van der Waals surface area contributed by atoms with Gasteiger partial charge in [-0.25, -0.2) is 0 Å². The monoisotopic (exact) mass is 195 g/mol. The molecule has 3 nitrogen and oxygen atoms in total. The summed E-state index contributed by atoms with van der Waals surface area (Å²) < 4.78 is 1.99. The van der Waals surface area contributed by atoms with Gasteiger partial charge in [-0.05, 0) is 19.4 Å². The molecular weight excluding hydrogens is 174 g/mol. The minimum atomic E-state index is 0.0480. The van der Waals surface area contributed by atoms with E-state index in [9.17, 15) is 0 Å². The second-order valence-corrected chi connectivity index (χ2v) is 3.85. The summed E-state index contributed by atoms with van der Waals surface area (Å²) >= 11 is 0. The van der Waals surface area contributed by atoms with Crippen molar-refractivity contribution in [3.63, 3.8) is 0 Å². The van der Waals surface area contributed by atoms with Gasteiger partial charge in [0.2, 0.25) is 0 Å². The summed E-state index contributed by atoms with van der Waals surface area (Å²) in [6, 6.07) is 2.05. The Labute approximate surface area is 86.3 Å². The number of aryl methyl sites for hydroxylation is 1. The Balaban J connectivity index is 2.29. The molecular formula is C11H21N3. The molecule has 1 atom stereocenters. The van der Waals surface area contributed by atoms with E-state index in [0.29, 0.717) is 0 Å². The van der Waals surface area contributed by atoms with Gasteiger partial charge < -0.3 is 5.73 Å². The van der Waals surface area contributed by atoms with Gasteiger partial charge in [-0.1, -0.05) is 26.2 Å². The van der Waals surface area contributed by atoms with Crippen molar-refractivity contribution in [2.24, 2.45) is 5.73 Å². The lowest BCUT2D eigenvalue weighted by atomic mass is 10.2. The first-order chi connectivity index (χ1) is 6.74. The summed E-state index contributed by atoms with van der Waals surface area (Å²) in [5, 5.41) is 4.40. The van der Waals surface area contributed by atoms with Gasteiger partial charge in [0.25, 0.3) is 0 Å². The Morgan fingerprint density at radius 3 is 2.79 bits per heavy atom. The molecule has 3 heteroatoms. The van der Waals surface area contributed by atoms with Gasteiger partial charge in [0.05, 0.1) is 5.69 Å². The van der Waals surface area contributed by atoms with Gasteiger partial charge in [-0.3, -0.25) is 4.68 Å². The standard InChI is InChI=1S/C11H21N3/c1-3-4-5-6-8-14-9-7-11(13-14)10(2)12/h7,9-10H,3-6,8,12H2,1-2H3/t10-/m1/s1. The molecule has 1 aromatic rings. The van der Waals surface area contributed by atoms with Gasteiger partial charge >= 0.3 is 0 Å². The van der Waals surface area contributed by atoms with Crippen LogP contribution in [0.2, 0.25) is 0 Å². The lowest BCUT2D eigenvalue weighted by Gasteiger charge is -2.01. The third-order valence-corrected chi connectivity index (χ3v) is 2.37. The maximum Gasteiger partial charge on any atom is 0.0788 e. The lowest BCUT2D eigenvalue weighted by molar-refractivity contribution is 0.533. The zero-order chi connectivity index (χ0) is 10.4. The Bertz CT molecular complexity index is 253. The maximum atomic E-state index is 5.73. The highest BCUT2D eigenvalue weighted by atomic mass is 15.3. The predicted octanol–water partition coefficient (Wildman–Crippen LogP) is 2.48. The Hall–Kier alpha value is -0.830. The average molecular weight is 195 g/mol. The number of nitrogens with zero attached hydrogens (tertiary/aromatic N) is 2. The molecule has 14 heavy (non-hydrogen) atoms. The molecule has 0 bridgehead atoms. The first-order valence-electron chi connectivity index (χ1n) is 5.53. The number of hydrogen-bond donors (Lipinski definition) is 1. The number of nitrogens with two attached hydrogens (primary N) is 1. The van der Waals surface area contributed by atoms with E-state index in [-0.39, 0.29) is 6.04 Å². The van der Waals surface area contributed by atoms with Crippen LogP contribution in [-0.4, -0.2) is 9.78 Å². The fourth-order valence-electron chi connectivity index (χ4n) is 1.45. The highest BCUT2D eigenvalue weighted by molar-refractivity contribution is 5.02. The molecule has 0 spiro atoms. The average Bonchev–Trinajstić information content (AvgIpc) is 2.61. The van der Waals surface area contributed by atoms with E-state index in [1.165, 1.54) is 25.7 Å². The van der Waals surface area contributed by atoms with Crippen molar-refractivity contribution in [1.82, 2.24) is 9.78 Å². The molecule has 0 aromatic carbocycles. The third kappa shape index (κ3) is 3.50. The number of rotatable bonds is 6. The van der Waals surface area contributed by atoms with E-state index in [1.807, 2.05) is 23.9 Å². The van der Waals surface area contributed by atoms with Gasteiger partial charge in [0.1, 0.15) is 0 Å². The van der Waals surface area contributed by atoms with Gasteiger partial charge in [-0.15, -0.1) is 0 Å². The van der Waals surface area contributed by atoms with Crippen LogP contribution in [0.3, 0.4) is 0 Å². The molecule has 0 fully saturated rings. The van der Waals surface area contributed by atoms with Crippen LogP contribution < -0.4 is 5.73 Å². The van der Waals surface area contributed by atoms with Crippen molar-refractivity contribution >= 4 is 0 Å². The van der Waals surface area contributed by atoms with E-state index in [1.54, 1.807) is 0 Å². The lowest BCUT2D eigenvalue weighted by Crippen LogP contribution is -2.07. The van der Waals surface area contributed by atoms with Gasteiger partial charge in [0, 0.05) is 18.8 Å². The predicted molar refractivity (Wildman–Crippen MR) is 59.0 cm³/mol. The zero-order valence-electron chi connectivity index (χ0n) is 9.24. The van der Waals surface area contributed by atoms with Crippen molar-refractivity contribution in [3.05, 3.63) is 18.0 Å². The summed E-state index contributed by atoms with van der Waals surface area (Å²) in [6.07, 6.45) is 7.13. The van der Waals surface area contributed by atoms with E-state index in [0.717, 1.165) is 12.2 Å². The smallest absolute Gasteiger partial charge is 0.0788 e. The van der Waals surface area contributed by atoms with E-state index < -0.39 is 0 Å². The van der Waals surface area contributed by atoms with Crippen LogP contribution in [-0.2, 0) is 6.54 Å². The van der Waals surface area contributed by atoms with E-state index >= 15 is 0 Å². The van der Waals surface area contributed by atoms with Gasteiger partial charge in [0.15, 0.2) is 0 Å². The zero-order valence-corrected chi connectivity index (χ0v) is 9.24. The summed E-state index contributed by atoms with van der Waals surface area (Å²) in [5.74, 6) is 0. The van der Waals surface area contributed by atoms with Crippen molar-refractivity contribution in [1.29, 1.82) is 0 Å². The third-order valence-electron chi connectivity index (χ3n) is 2.37. The topological polar surface area (TPSA) is 43.8 Å². The van der Waals surface area contributed by atoms with Crippen LogP contribution in [0, 0.1) is 0 Å². The minimum Gasteiger partial charge on any atom is -0.323 e. The van der Waals surface area contributed by atoms with Crippen LogP contribution in [0.15, 0.2) is 12.3 Å². The summed E-state index contributed by atoms with van der Waals surface area (Å²) in [4.78, 5) is 0. The van der Waals surface area contributed by atoms with Crippen LogP contribution in [0.25, 0.3) is 0 Å². The van der Waals surface area contributed by atoms with E-state index in [2.05, 4.69) is 12.0 Å². The molecule has 1 aromatic heterocycles. The molecule has 0 saturated heterocycles. The van der Waals surface area contributed by atoms with E-state index in [4.69, 9.17) is 5.73 Å². The Morgan fingerprint density at radius 1 is 1.43 bits per heavy atom. The molecule has 0 unspecified atom stereocenters. The fourth-order valence-corrected chi connectivity index (χ4v) is 1.45. The van der Waals surface area contributed by atoms with Crippen LogP contribution >= 0.6 is 0 Å². The molecule has 80 valence electrons. The summed E-state index contributed by atoms with van der Waals surface area (Å²) in [5.41, 5.74) is 6.71. The molecule has 0 aliphatic carbocycles. The maximum absolute atomic E-state index is 5.73. The molecule has 1 rings (SSSR count). The Kier molecular flexibility index (Phi) is 4.66. The highest BCUT2D eigenvalue weighted by Crippen LogP contribution is 2.06. The van der Waals surface area contributed by atoms with Crippen LogP contribution in [0.4, 0.5) is 0 Å². The van der Waals surface area contributed by atoms with Gasteiger partial charge in [-0.2, -0.15) is 5.10 Å². The van der Waals surface area contributed by atoms with Crippen molar-refractivity contribution in [2.45, 2.75) is 52.1 Å². The fraction of sp³-hybridized carbons (Fsp3) is 0.727. The highest BCUT2D eigenvalue weighted by Gasteiger charge is 2.02. The quantitative estimate of drug-likeness (QED) is 0.709. The second-order valence-electron chi connectivity index (χ2n) is 3.85. The molecule has 0 amide bonds. The molecule has 0 radical (unpaired) electrons. The number of aromatic nitrogens is 2. The molecule has 1 heterocycles. The van der Waals surface area contributed by atoms with Crippen molar-refractivity contribution < 1.29 is 0 Å². The van der Waals surface area contributed by atoms with Crippen molar-refractivity contribution in [2.75, 3.05) is 0 Å². The molecule has 0 saturated carbocycles. The van der Waals surface area contributed by atoms with Crippen LogP contribution in [0.5, 0.6) is 0 Å². The number of hydrogen-bond acceptors (Lipinski definition) is 2. The molecule has 2 N–H and O–H groups in total. The first kappa shape index (κ1) is 11.2. The number of unbranched alkanes of at least 4 members (excludes halogenated alkanes) is 3. The largest absolute Gasteiger partial charge is 0.323 e. The SMILES string of the molecule is CCCCCCn1ccc([C@@H](C)N)n1. The normalized spacial score (nSPS) is 13.1. The first-order valence-corrected chi connectivity index (χ1v) is 5.53. The molecule has 0 aliphatic rings. The van der Waals surface area contributed by atoms with Crippen LogP contribution in [0.1, 0.15) is 51.3 Å². The second kappa shape index (κ2) is 5.81. The molecule has 0 aliphatic heterocycles.